The summed E-state index contributed by atoms with van der Waals surface area (Å²) < 4.78 is 0. The highest BCUT2D eigenvalue weighted by Gasteiger charge is 2.42. The Morgan fingerprint density at radius 3 is 1.84 bits per heavy atom. The Balaban J connectivity index is 1.75. The van der Waals surface area contributed by atoms with Crippen molar-refractivity contribution in [1.29, 1.82) is 0 Å². The first-order valence-electron chi connectivity index (χ1n) is 7.56. The van der Waals surface area contributed by atoms with Crippen LogP contribution in [0.1, 0.15) is 20.7 Å². The van der Waals surface area contributed by atoms with E-state index < -0.39 is 28.9 Å². The largest absolute Gasteiger partial charge is 0.389 e. The number of carbonyl (C=O) groups is 2. The molecule has 128 valence electrons. The van der Waals surface area contributed by atoms with Crippen molar-refractivity contribution in [1.82, 2.24) is 10.9 Å². The molecular weight excluding hydrogens is 326 g/mol. The van der Waals surface area contributed by atoms with Gasteiger partial charge in [0.15, 0.2) is 11.6 Å². The van der Waals surface area contributed by atoms with Gasteiger partial charge in [0.05, 0.1) is 4.92 Å². The SMILES string of the molecule is O=C(c1ccccc1)C1NNC(C(=O)c2ccc([N+](=O)[O-])cc2)C1O. The van der Waals surface area contributed by atoms with Gasteiger partial charge in [0.25, 0.3) is 5.69 Å². The highest BCUT2D eigenvalue weighted by Crippen LogP contribution is 2.18. The summed E-state index contributed by atoms with van der Waals surface area (Å²) >= 11 is 0. The molecule has 3 atom stereocenters. The molecule has 1 aliphatic heterocycles. The molecule has 25 heavy (non-hydrogen) atoms. The summed E-state index contributed by atoms with van der Waals surface area (Å²) in [7, 11) is 0. The van der Waals surface area contributed by atoms with Crippen molar-refractivity contribution >= 4 is 17.3 Å². The quantitative estimate of drug-likeness (QED) is 0.419. The van der Waals surface area contributed by atoms with Gasteiger partial charge in [-0.2, -0.15) is 0 Å². The number of aliphatic hydroxyl groups excluding tert-OH is 1. The van der Waals surface area contributed by atoms with E-state index in [-0.39, 0.29) is 17.0 Å². The minimum atomic E-state index is -1.27. The number of ketones is 2. The molecule has 3 unspecified atom stereocenters. The van der Waals surface area contributed by atoms with E-state index in [4.69, 9.17) is 0 Å². The van der Waals surface area contributed by atoms with E-state index in [1.165, 1.54) is 24.3 Å². The van der Waals surface area contributed by atoms with Crippen LogP contribution >= 0.6 is 0 Å². The molecule has 1 heterocycles. The normalized spacial score (nSPS) is 22.5. The van der Waals surface area contributed by atoms with Crippen LogP contribution in [0.2, 0.25) is 0 Å². The standard InChI is InChI=1S/C17H15N3O5/c21-15(10-4-2-1-3-5-10)13-17(23)14(19-18-13)16(22)11-6-8-12(9-7-11)20(24)25/h1-9,13-14,17-19,23H. The molecule has 3 rings (SSSR count). The number of nitrogens with zero attached hydrogens (tertiary/aromatic N) is 1. The van der Waals surface area contributed by atoms with E-state index >= 15 is 0 Å². The summed E-state index contributed by atoms with van der Waals surface area (Å²) in [5.41, 5.74) is 5.79. The summed E-state index contributed by atoms with van der Waals surface area (Å²) in [5, 5.41) is 21.0. The first-order valence-corrected chi connectivity index (χ1v) is 7.56. The van der Waals surface area contributed by atoms with Crippen LogP contribution in [-0.2, 0) is 0 Å². The lowest BCUT2D eigenvalue weighted by Crippen LogP contribution is -2.42. The Kier molecular flexibility index (Phi) is 4.66. The van der Waals surface area contributed by atoms with E-state index in [0.717, 1.165) is 0 Å². The Bertz CT molecular complexity index is 807. The van der Waals surface area contributed by atoms with Crippen LogP contribution in [0.3, 0.4) is 0 Å². The molecule has 2 aromatic carbocycles. The Labute approximate surface area is 142 Å². The van der Waals surface area contributed by atoms with Gasteiger partial charge in [-0.3, -0.25) is 19.7 Å². The van der Waals surface area contributed by atoms with Gasteiger partial charge in [0, 0.05) is 23.3 Å². The molecule has 1 aliphatic rings. The number of nitrogens with one attached hydrogen (secondary N) is 2. The number of carbonyl (C=O) groups excluding carboxylic acids is 2. The highest BCUT2D eigenvalue weighted by atomic mass is 16.6. The average molecular weight is 341 g/mol. The van der Waals surface area contributed by atoms with Crippen LogP contribution in [0.15, 0.2) is 54.6 Å². The number of hydrazine groups is 1. The number of hydrogen-bond acceptors (Lipinski definition) is 7. The number of nitro benzene ring substituents is 1. The minimum Gasteiger partial charge on any atom is -0.389 e. The minimum absolute atomic E-state index is 0.133. The van der Waals surface area contributed by atoms with Crippen molar-refractivity contribution in [2.45, 2.75) is 18.2 Å². The fourth-order valence-electron chi connectivity index (χ4n) is 2.69. The summed E-state index contributed by atoms with van der Waals surface area (Å²) in [5.74, 6) is -0.794. The van der Waals surface area contributed by atoms with Crippen molar-refractivity contribution < 1.29 is 19.6 Å². The van der Waals surface area contributed by atoms with Crippen LogP contribution in [-0.4, -0.2) is 39.8 Å². The molecule has 0 saturated carbocycles. The van der Waals surface area contributed by atoms with Crippen molar-refractivity contribution in [3.05, 3.63) is 75.8 Å². The van der Waals surface area contributed by atoms with Gasteiger partial charge >= 0.3 is 0 Å². The molecule has 1 saturated heterocycles. The summed E-state index contributed by atoms with van der Waals surface area (Å²) in [6.45, 7) is 0. The lowest BCUT2D eigenvalue weighted by molar-refractivity contribution is -0.384. The van der Waals surface area contributed by atoms with Gasteiger partial charge < -0.3 is 5.11 Å². The molecule has 1 fully saturated rings. The number of nitro groups is 1. The third-order valence-electron chi connectivity index (χ3n) is 4.06. The molecule has 2 aromatic rings. The zero-order valence-corrected chi connectivity index (χ0v) is 13.0. The fourth-order valence-corrected chi connectivity index (χ4v) is 2.69. The smallest absolute Gasteiger partial charge is 0.269 e. The Morgan fingerprint density at radius 2 is 1.36 bits per heavy atom. The topological polar surface area (TPSA) is 122 Å². The van der Waals surface area contributed by atoms with Crippen LogP contribution in [0.5, 0.6) is 0 Å². The fraction of sp³-hybridized carbons (Fsp3) is 0.176. The van der Waals surface area contributed by atoms with Gasteiger partial charge in [0.1, 0.15) is 18.2 Å². The predicted molar refractivity (Wildman–Crippen MR) is 88.1 cm³/mol. The first-order chi connectivity index (χ1) is 12.0. The van der Waals surface area contributed by atoms with Gasteiger partial charge in [0.2, 0.25) is 0 Å². The number of rotatable bonds is 5. The van der Waals surface area contributed by atoms with Crippen LogP contribution in [0, 0.1) is 10.1 Å². The lowest BCUT2D eigenvalue weighted by Gasteiger charge is -2.16. The molecule has 0 spiro atoms. The zero-order chi connectivity index (χ0) is 18.0. The van der Waals surface area contributed by atoms with E-state index in [1.807, 2.05) is 0 Å². The molecule has 8 heteroatoms. The van der Waals surface area contributed by atoms with E-state index in [0.29, 0.717) is 5.56 Å². The van der Waals surface area contributed by atoms with Crippen molar-refractivity contribution in [2.75, 3.05) is 0 Å². The second kappa shape index (κ2) is 6.89. The summed E-state index contributed by atoms with van der Waals surface area (Å²) in [6.07, 6.45) is -1.27. The van der Waals surface area contributed by atoms with E-state index in [2.05, 4.69) is 10.9 Å². The van der Waals surface area contributed by atoms with Crippen molar-refractivity contribution in [3.8, 4) is 0 Å². The third-order valence-corrected chi connectivity index (χ3v) is 4.06. The molecule has 8 nitrogen and oxygen atoms in total. The molecule has 3 N–H and O–H groups in total. The maximum Gasteiger partial charge on any atom is 0.269 e. The Hall–Kier alpha value is -2.94. The number of benzene rings is 2. The molecule has 0 bridgehead atoms. The van der Waals surface area contributed by atoms with Gasteiger partial charge in [-0.25, -0.2) is 10.9 Å². The van der Waals surface area contributed by atoms with Crippen LogP contribution in [0.4, 0.5) is 5.69 Å². The monoisotopic (exact) mass is 341 g/mol. The number of hydrogen-bond donors (Lipinski definition) is 3. The van der Waals surface area contributed by atoms with Crippen LogP contribution in [0.25, 0.3) is 0 Å². The molecule has 0 radical (unpaired) electrons. The van der Waals surface area contributed by atoms with Crippen molar-refractivity contribution in [3.63, 3.8) is 0 Å². The third kappa shape index (κ3) is 3.31. The van der Waals surface area contributed by atoms with Gasteiger partial charge in [-0.05, 0) is 12.1 Å². The summed E-state index contributed by atoms with van der Waals surface area (Å²) in [6, 6.07) is 11.5. The first kappa shape index (κ1) is 16.9. The lowest BCUT2D eigenvalue weighted by atomic mass is 9.93. The zero-order valence-electron chi connectivity index (χ0n) is 13.0. The van der Waals surface area contributed by atoms with Gasteiger partial charge in [-0.15, -0.1) is 0 Å². The number of Topliss-reactive ketones (excluding diaryl/α,β-unsaturated/α-hetero) is 2. The molecular formula is C17H15N3O5. The van der Waals surface area contributed by atoms with E-state index in [1.54, 1.807) is 30.3 Å². The van der Waals surface area contributed by atoms with Gasteiger partial charge in [-0.1, -0.05) is 30.3 Å². The van der Waals surface area contributed by atoms with Crippen molar-refractivity contribution in [2.24, 2.45) is 0 Å². The maximum absolute atomic E-state index is 12.5. The van der Waals surface area contributed by atoms with Crippen LogP contribution < -0.4 is 10.9 Å². The number of non-ortho nitro benzene ring substituents is 1. The molecule has 0 aromatic heterocycles. The average Bonchev–Trinajstić information content (AvgIpc) is 3.02. The highest BCUT2D eigenvalue weighted by molar-refractivity contribution is 6.04. The maximum atomic E-state index is 12.5. The molecule has 0 amide bonds. The predicted octanol–water partition coefficient (Wildman–Crippen LogP) is 0.866. The summed E-state index contributed by atoms with van der Waals surface area (Å²) in [4.78, 5) is 35.0. The number of aliphatic hydroxyl groups is 1. The van der Waals surface area contributed by atoms with E-state index in [9.17, 15) is 24.8 Å². The second-order valence-electron chi connectivity index (χ2n) is 5.63. The molecule has 0 aliphatic carbocycles. The Morgan fingerprint density at radius 1 is 0.880 bits per heavy atom. The second-order valence-corrected chi connectivity index (χ2v) is 5.63.